The molecule has 3 amide bonds. The molecule has 1 aliphatic heterocycles. The van der Waals surface area contributed by atoms with E-state index in [1.165, 1.54) is 30.2 Å². The average Bonchev–Trinajstić information content (AvgIpc) is 3.31. The van der Waals surface area contributed by atoms with Crippen molar-refractivity contribution in [2.75, 3.05) is 41.0 Å². The van der Waals surface area contributed by atoms with Gasteiger partial charge in [-0.25, -0.2) is 14.2 Å². The van der Waals surface area contributed by atoms with Crippen LogP contribution in [-0.2, 0) is 9.53 Å². The normalized spacial score (nSPS) is 15.0. The van der Waals surface area contributed by atoms with Crippen LogP contribution in [0.25, 0.3) is 0 Å². The molecule has 36 heavy (non-hydrogen) atoms. The molecule has 0 radical (unpaired) electrons. The summed E-state index contributed by atoms with van der Waals surface area (Å²) in [6, 6.07) is 10.5. The first-order valence-corrected chi connectivity index (χ1v) is 11.7. The van der Waals surface area contributed by atoms with Gasteiger partial charge >= 0.3 is 6.03 Å². The number of halogens is 1. The molecule has 10 heteroatoms. The molecule has 0 spiro atoms. The van der Waals surface area contributed by atoms with Gasteiger partial charge in [-0.05, 0) is 38.1 Å². The van der Waals surface area contributed by atoms with Crippen molar-refractivity contribution < 1.29 is 28.2 Å². The highest BCUT2D eigenvalue weighted by molar-refractivity contribution is 6.03. The number of methoxy groups -OCH3 is 3. The maximum atomic E-state index is 14.6. The van der Waals surface area contributed by atoms with Gasteiger partial charge in [-0.1, -0.05) is 18.2 Å². The lowest BCUT2D eigenvalue weighted by atomic mass is 9.97. The maximum Gasteiger partial charge on any atom is 0.318 e. The third-order valence-corrected chi connectivity index (χ3v) is 5.74. The smallest absolute Gasteiger partial charge is 0.318 e. The molecule has 0 saturated carbocycles. The lowest BCUT2D eigenvalue weighted by Gasteiger charge is -2.28. The Labute approximate surface area is 210 Å². The molecule has 0 aromatic heterocycles. The van der Waals surface area contributed by atoms with Gasteiger partial charge in [0.1, 0.15) is 23.9 Å². The van der Waals surface area contributed by atoms with Gasteiger partial charge < -0.3 is 24.4 Å². The molecule has 1 aliphatic rings. The summed E-state index contributed by atoms with van der Waals surface area (Å²) in [7, 11) is 4.61. The molecular formula is C26H33FN4O5. The molecule has 0 bridgehead atoms. The Kier molecular flexibility index (Phi) is 9.24. The highest BCUT2D eigenvalue weighted by atomic mass is 19.1. The fourth-order valence-corrected chi connectivity index (χ4v) is 3.97. The van der Waals surface area contributed by atoms with Gasteiger partial charge in [0.05, 0.1) is 32.6 Å². The van der Waals surface area contributed by atoms with Gasteiger partial charge in [-0.3, -0.25) is 4.79 Å². The Morgan fingerprint density at radius 3 is 2.56 bits per heavy atom. The number of ether oxygens (including phenoxy) is 3. The van der Waals surface area contributed by atoms with E-state index < -0.39 is 17.8 Å². The standard InChI is InChI=1S/C26H33FN4O5/c1-17(2)28-26(33)30(12-13-34-3)16-25(32)31-23(20-14-18(35-4)10-11-24(20)36-5)15-22(29-31)19-8-6-7-9-21(19)27/h6-11,14,17,23H,12-13,15-16H2,1-5H3,(H,28,33)/t23-/m0/s1. The highest BCUT2D eigenvalue weighted by Crippen LogP contribution is 2.39. The zero-order valence-corrected chi connectivity index (χ0v) is 21.3. The van der Waals surface area contributed by atoms with Crippen molar-refractivity contribution in [3.63, 3.8) is 0 Å². The molecule has 9 nitrogen and oxygen atoms in total. The van der Waals surface area contributed by atoms with Crippen molar-refractivity contribution in [1.29, 1.82) is 0 Å². The molecule has 1 heterocycles. The highest BCUT2D eigenvalue weighted by Gasteiger charge is 2.37. The first kappa shape index (κ1) is 26.9. The molecule has 2 aromatic carbocycles. The van der Waals surface area contributed by atoms with Crippen molar-refractivity contribution in [2.24, 2.45) is 5.10 Å². The largest absolute Gasteiger partial charge is 0.497 e. The summed E-state index contributed by atoms with van der Waals surface area (Å²) in [5.74, 6) is 0.263. The fraction of sp³-hybridized carbons (Fsp3) is 0.423. The van der Waals surface area contributed by atoms with E-state index in [2.05, 4.69) is 10.4 Å². The second-order valence-corrected chi connectivity index (χ2v) is 8.61. The minimum atomic E-state index is -0.588. The lowest BCUT2D eigenvalue weighted by Crippen LogP contribution is -2.48. The zero-order valence-electron chi connectivity index (χ0n) is 21.3. The van der Waals surface area contributed by atoms with Crippen LogP contribution in [0.1, 0.15) is 37.4 Å². The molecule has 1 atom stereocenters. The summed E-state index contributed by atoms with van der Waals surface area (Å²) >= 11 is 0. The predicted molar refractivity (Wildman–Crippen MR) is 134 cm³/mol. The van der Waals surface area contributed by atoms with Crippen molar-refractivity contribution in [3.05, 3.63) is 59.4 Å². The van der Waals surface area contributed by atoms with Crippen LogP contribution in [0.2, 0.25) is 0 Å². The Bertz CT molecular complexity index is 1110. The molecule has 0 unspecified atom stereocenters. The fourth-order valence-electron chi connectivity index (χ4n) is 3.97. The van der Waals surface area contributed by atoms with Crippen LogP contribution in [0.4, 0.5) is 9.18 Å². The van der Waals surface area contributed by atoms with Gasteiger partial charge in [0.2, 0.25) is 0 Å². The van der Waals surface area contributed by atoms with E-state index in [4.69, 9.17) is 14.2 Å². The summed E-state index contributed by atoms with van der Waals surface area (Å²) in [6.45, 7) is 3.91. The van der Waals surface area contributed by atoms with Gasteiger partial charge in [0, 0.05) is 37.2 Å². The van der Waals surface area contributed by atoms with E-state index in [0.717, 1.165) is 0 Å². The summed E-state index contributed by atoms with van der Waals surface area (Å²) in [5.41, 5.74) is 1.40. The van der Waals surface area contributed by atoms with Gasteiger partial charge in [0.15, 0.2) is 0 Å². The van der Waals surface area contributed by atoms with E-state index in [0.29, 0.717) is 28.3 Å². The number of urea groups is 1. The number of hydrogen-bond donors (Lipinski definition) is 1. The summed E-state index contributed by atoms with van der Waals surface area (Å²) in [4.78, 5) is 27.7. The molecule has 194 valence electrons. The van der Waals surface area contributed by atoms with Gasteiger partial charge in [-0.2, -0.15) is 5.10 Å². The van der Waals surface area contributed by atoms with Crippen molar-refractivity contribution in [1.82, 2.24) is 15.2 Å². The monoisotopic (exact) mass is 500 g/mol. The number of carbonyl (C=O) groups excluding carboxylic acids is 2. The van der Waals surface area contributed by atoms with Crippen molar-refractivity contribution in [2.45, 2.75) is 32.4 Å². The number of nitrogens with zero attached hydrogens (tertiary/aromatic N) is 3. The van der Waals surface area contributed by atoms with E-state index in [1.807, 2.05) is 13.8 Å². The van der Waals surface area contributed by atoms with Crippen LogP contribution in [0.3, 0.4) is 0 Å². The third-order valence-electron chi connectivity index (χ3n) is 5.74. The number of hydrogen-bond acceptors (Lipinski definition) is 6. The maximum absolute atomic E-state index is 14.6. The summed E-state index contributed by atoms with van der Waals surface area (Å²) < 4.78 is 30.7. The number of amides is 3. The first-order chi connectivity index (χ1) is 17.3. The molecular weight excluding hydrogens is 467 g/mol. The molecule has 0 aliphatic carbocycles. The minimum absolute atomic E-state index is 0.107. The van der Waals surface area contributed by atoms with Crippen LogP contribution in [-0.4, -0.2) is 74.6 Å². The average molecular weight is 501 g/mol. The van der Waals surface area contributed by atoms with Crippen molar-refractivity contribution >= 4 is 17.6 Å². The van der Waals surface area contributed by atoms with Crippen LogP contribution in [0.15, 0.2) is 47.6 Å². The SMILES string of the molecule is COCCN(CC(=O)N1N=C(c2ccccc2F)C[C@H]1c1cc(OC)ccc1OC)C(=O)NC(C)C. The number of nitrogens with one attached hydrogen (secondary N) is 1. The second kappa shape index (κ2) is 12.3. The molecule has 3 rings (SSSR count). The predicted octanol–water partition coefficient (Wildman–Crippen LogP) is 3.59. The molecule has 2 aromatic rings. The first-order valence-electron chi connectivity index (χ1n) is 11.7. The minimum Gasteiger partial charge on any atom is -0.497 e. The Hall–Kier alpha value is -3.66. The zero-order chi connectivity index (χ0) is 26.2. The lowest BCUT2D eigenvalue weighted by molar-refractivity contribution is -0.133. The van der Waals surface area contributed by atoms with Gasteiger partial charge in [-0.15, -0.1) is 0 Å². The van der Waals surface area contributed by atoms with Crippen LogP contribution in [0, 0.1) is 5.82 Å². The summed E-state index contributed by atoms with van der Waals surface area (Å²) in [6.07, 6.45) is 0.256. The molecule has 0 saturated heterocycles. The number of rotatable bonds is 10. The number of hydrazone groups is 1. The van der Waals surface area contributed by atoms with Gasteiger partial charge in [0.25, 0.3) is 5.91 Å². The third kappa shape index (κ3) is 6.31. The van der Waals surface area contributed by atoms with E-state index in [-0.39, 0.29) is 38.2 Å². The molecule has 0 fully saturated rings. The number of benzene rings is 2. The Morgan fingerprint density at radius 1 is 1.17 bits per heavy atom. The quantitative estimate of drug-likeness (QED) is 0.538. The second-order valence-electron chi connectivity index (χ2n) is 8.61. The van der Waals surface area contributed by atoms with Crippen LogP contribution < -0.4 is 14.8 Å². The van der Waals surface area contributed by atoms with Crippen LogP contribution in [0.5, 0.6) is 11.5 Å². The summed E-state index contributed by atoms with van der Waals surface area (Å²) in [5, 5.41) is 8.65. The van der Waals surface area contributed by atoms with Crippen LogP contribution >= 0.6 is 0 Å². The Morgan fingerprint density at radius 2 is 1.92 bits per heavy atom. The molecule has 1 N–H and O–H groups in total. The van der Waals surface area contributed by atoms with E-state index in [1.54, 1.807) is 43.5 Å². The van der Waals surface area contributed by atoms with Crippen molar-refractivity contribution in [3.8, 4) is 11.5 Å². The van der Waals surface area contributed by atoms with E-state index in [9.17, 15) is 14.0 Å². The topological polar surface area (TPSA) is 92.7 Å². The van der Waals surface area contributed by atoms with E-state index >= 15 is 0 Å². The Balaban J connectivity index is 1.99. The number of carbonyl (C=O) groups is 2.